The first-order chi connectivity index (χ1) is 21.5. The minimum absolute atomic E-state index is 0.0348. The van der Waals surface area contributed by atoms with E-state index in [0.717, 1.165) is 54.9 Å². The highest BCUT2D eigenvalue weighted by Gasteiger charge is 2.64. The molecular formula is C38H52F4N2O. The molecule has 1 heterocycles. The maximum absolute atomic E-state index is 15.7. The Morgan fingerprint density at radius 1 is 1.09 bits per heavy atom. The molecule has 11 atom stereocenters. The van der Waals surface area contributed by atoms with Crippen LogP contribution >= 0.6 is 0 Å². The van der Waals surface area contributed by atoms with Gasteiger partial charge in [0.05, 0.1) is 6.10 Å². The first-order valence-electron chi connectivity index (χ1n) is 17.9. The Balaban J connectivity index is 1.11. The van der Waals surface area contributed by atoms with Gasteiger partial charge < -0.3 is 15.7 Å². The SMILES string of the molecule is CCC(C1=CC=C(C(F)(F)F)C(C)C1)C1CC1C(O)C1=CC2(C3CC(C4CCCCC4)N3)CC2C(C2CCC(NC)=CC2F)=C1. The summed E-state index contributed by atoms with van der Waals surface area (Å²) in [7, 11) is 1.86. The number of aliphatic hydroxyl groups is 1. The summed E-state index contributed by atoms with van der Waals surface area (Å²) < 4.78 is 56.1. The van der Waals surface area contributed by atoms with Crippen molar-refractivity contribution in [3.8, 4) is 0 Å². The number of rotatable bonds is 9. The lowest BCUT2D eigenvalue weighted by Crippen LogP contribution is -2.60. The first-order valence-corrected chi connectivity index (χ1v) is 17.9. The molecule has 3 nitrogen and oxygen atoms in total. The second-order valence-electron chi connectivity index (χ2n) is 15.6. The van der Waals surface area contributed by atoms with Crippen molar-refractivity contribution in [3.63, 3.8) is 0 Å². The van der Waals surface area contributed by atoms with Gasteiger partial charge in [0, 0.05) is 41.7 Å². The van der Waals surface area contributed by atoms with Gasteiger partial charge in [-0.25, -0.2) is 4.39 Å². The molecule has 3 N–H and O–H groups in total. The number of allylic oxidation sites excluding steroid dienone is 7. The van der Waals surface area contributed by atoms with E-state index in [1.807, 2.05) is 7.05 Å². The largest absolute Gasteiger partial charge is 0.412 e. The maximum atomic E-state index is 15.7. The lowest BCUT2D eigenvalue weighted by molar-refractivity contribution is -0.0986. The number of hydrogen-bond acceptors (Lipinski definition) is 3. The average molecular weight is 629 g/mol. The van der Waals surface area contributed by atoms with E-state index in [9.17, 15) is 18.3 Å². The molecule has 0 aromatic heterocycles. The predicted octanol–water partition coefficient (Wildman–Crippen LogP) is 8.50. The summed E-state index contributed by atoms with van der Waals surface area (Å²) in [6, 6.07) is 0.968. The normalized spacial score (nSPS) is 41.3. The van der Waals surface area contributed by atoms with Gasteiger partial charge in [0.25, 0.3) is 0 Å². The third kappa shape index (κ3) is 5.81. The van der Waals surface area contributed by atoms with Crippen LogP contribution in [0.15, 0.2) is 58.4 Å². The Morgan fingerprint density at radius 3 is 2.49 bits per heavy atom. The highest BCUT2D eigenvalue weighted by atomic mass is 19.4. The van der Waals surface area contributed by atoms with Crippen LogP contribution in [0, 0.1) is 46.8 Å². The van der Waals surface area contributed by atoms with Gasteiger partial charge in [-0.15, -0.1) is 0 Å². The summed E-state index contributed by atoms with van der Waals surface area (Å²) in [5.74, 6) is 0.936. The molecule has 0 bridgehead atoms. The van der Waals surface area contributed by atoms with Gasteiger partial charge >= 0.3 is 6.18 Å². The van der Waals surface area contributed by atoms with E-state index in [0.29, 0.717) is 24.4 Å². The summed E-state index contributed by atoms with van der Waals surface area (Å²) >= 11 is 0. The molecule has 0 amide bonds. The number of aliphatic hydroxyl groups excluding tert-OH is 1. The highest BCUT2D eigenvalue weighted by molar-refractivity contribution is 5.48. The molecule has 1 aliphatic heterocycles. The summed E-state index contributed by atoms with van der Waals surface area (Å²) in [5, 5.41) is 19.1. The molecular weight excluding hydrogens is 576 g/mol. The molecule has 45 heavy (non-hydrogen) atoms. The Bertz CT molecular complexity index is 1300. The lowest BCUT2D eigenvalue weighted by atomic mass is 9.69. The fraction of sp³-hybridized carbons (Fsp3) is 0.737. The molecule has 11 unspecified atom stereocenters. The molecule has 1 saturated heterocycles. The Hall–Kier alpha value is -1.86. The maximum Gasteiger partial charge on any atom is 0.412 e. The van der Waals surface area contributed by atoms with Crippen molar-refractivity contribution in [1.82, 2.24) is 10.6 Å². The van der Waals surface area contributed by atoms with Gasteiger partial charge in [-0.2, -0.15) is 13.2 Å². The molecule has 4 fully saturated rings. The van der Waals surface area contributed by atoms with E-state index in [4.69, 9.17) is 0 Å². The second-order valence-corrected chi connectivity index (χ2v) is 15.6. The molecule has 3 saturated carbocycles. The van der Waals surface area contributed by atoms with E-state index in [2.05, 4.69) is 29.7 Å². The minimum Gasteiger partial charge on any atom is -0.392 e. The van der Waals surface area contributed by atoms with Crippen molar-refractivity contribution < 1.29 is 22.7 Å². The fourth-order valence-corrected chi connectivity index (χ4v) is 10.4. The van der Waals surface area contributed by atoms with Crippen molar-refractivity contribution in [2.75, 3.05) is 7.05 Å². The van der Waals surface area contributed by atoms with Crippen LogP contribution in [-0.4, -0.2) is 42.7 Å². The van der Waals surface area contributed by atoms with E-state index < -0.39 is 29.9 Å². The zero-order valence-corrected chi connectivity index (χ0v) is 27.2. The third-order valence-corrected chi connectivity index (χ3v) is 13.2. The molecule has 0 spiro atoms. The molecule has 248 valence electrons. The van der Waals surface area contributed by atoms with Crippen LogP contribution in [0.25, 0.3) is 0 Å². The monoisotopic (exact) mass is 628 g/mol. The molecule has 0 aromatic carbocycles. The zero-order valence-electron chi connectivity index (χ0n) is 27.2. The van der Waals surface area contributed by atoms with Crippen molar-refractivity contribution in [2.24, 2.45) is 46.8 Å². The average Bonchev–Trinajstić information content (AvgIpc) is 3.91. The van der Waals surface area contributed by atoms with E-state index in [1.54, 1.807) is 19.1 Å². The van der Waals surface area contributed by atoms with Crippen LogP contribution < -0.4 is 10.6 Å². The molecule has 7 aliphatic rings. The molecule has 7 rings (SSSR count). The smallest absolute Gasteiger partial charge is 0.392 e. The van der Waals surface area contributed by atoms with Gasteiger partial charge in [-0.05, 0) is 105 Å². The molecule has 0 aromatic rings. The number of fused-ring (bicyclic) bond motifs is 1. The number of halogens is 4. The predicted molar refractivity (Wildman–Crippen MR) is 171 cm³/mol. The van der Waals surface area contributed by atoms with E-state index in [1.165, 1.54) is 50.2 Å². The topological polar surface area (TPSA) is 44.3 Å². The summed E-state index contributed by atoms with van der Waals surface area (Å²) in [4.78, 5) is 0. The van der Waals surface area contributed by atoms with Crippen LogP contribution in [0.2, 0.25) is 0 Å². The molecule has 6 aliphatic carbocycles. The van der Waals surface area contributed by atoms with Gasteiger partial charge in [0.1, 0.15) is 6.17 Å². The van der Waals surface area contributed by atoms with Gasteiger partial charge in [-0.1, -0.05) is 68.6 Å². The lowest BCUT2D eigenvalue weighted by Gasteiger charge is -2.48. The second kappa shape index (κ2) is 12.0. The fourth-order valence-electron chi connectivity index (χ4n) is 10.4. The van der Waals surface area contributed by atoms with Crippen LogP contribution in [0.1, 0.15) is 90.9 Å². The molecule has 0 radical (unpaired) electrons. The Kier molecular flexibility index (Phi) is 8.45. The van der Waals surface area contributed by atoms with Crippen LogP contribution in [0.5, 0.6) is 0 Å². The Labute approximate surface area is 266 Å². The Morgan fingerprint density at radius 2 is 1.84 bits per heavy atom. The zero-order chi connectivity index (χ0) is 31.7. The number of nitrogens with one attached hydrogen (secondary N) is 2. The van der Waals surface area contributed by atoms with Crippen molar-refractivity contribution >= 4 is 0 Å². The quantitative estimate of drug-likeness (QED) is 0.225. The van der Waals surface area contributed by atoms with Crippen LogP contribution in [-0.2, 0) is 0 Å². The van der Waals surface area contributed by atoms with Gasteiger partial charge in [-0.3, -0.25) is 0 Å². The summed E-state index contributed by atoms with van der Waals surface area (Å²) in [6.07, 6.45) is 16.0. The van der Waals surface area contributed by atoms with Crippen molar-refractivity contribution in [2.45, 2.75) is 121 Å². The van der Waals surface area contributed by atoms with Crippen LogP contribution in [0.3, 0.4) is 0 Å². The minimum atomic E-state index is -4.29. The van der Waals surface area contributed by atoms with Gasteiger partial charge in [0.15, 0.2) is 0 Å². The van der Waals surface area contributed by atoms with Gasteiger partial charge in [0.2, 0.25) is 0 Å². The van der Waals surface area contributed by atoms with E-state index >= 15 is 4.39 Å². The van der Waals surface area contributed by atoms with Crippen LogP contribution in [0.4, 0.5) is 17.6 Å². The number of hydrogen-bond donors (Lipinski definition) is 3. The third-order valence-electron chi connectivity index (χ3n) is 13.2. The van der Waals surface area contributed by atoms with Crippen molar-refractivity contribution in [3.05, 3.63) is 58.4 Å². The molecule has 7 heteroatoms. The summed E-state index contributed by atoms with van der Waals surface area (Å²) in [6.45, 7) is 3.79. The standard InChI is InChI=1S/C38H52F4N2O/c1-4-26(23-10-13-31(21(2)14-23)38(40,41)42)28-17-30(28)36(45)24-15-29(27-12-11-25(43-3)16-33(27)39)32-20-37(32,19-24)35-18-34(44-35)22-8-6-5-7-9-22/h10,13,15-16,19,21-22,26-28,30,32-36,43-45H,4-9,11-12,14,17-18,20H2,1-3H3. The highest BCUT2D eigenvalue weighted by Crippen LogP contribution is 2.67. The number of alkyl halides is 4. The van der Waals surface area contributed by atoms with Crippen molar-refractivity contribution in [1.29, 1.82) is 0 Å². The summed E-state index contributed by atoms with van der Waals surface area (Å²) in [5.41, 5.74) is 3.75. The van der Waals surface area contributed by atoms with E-state index in [-0.39, 0.29) is 29.1 Å². The first kappa shape index (κ1) is 31.7.